The van der Waals surface area contributed by atoms with Crippen LogP contribution in [0, 0.1) is 5.92 Å². The van der Waals surface area contributed by atoms with Gasteiger partial charge in [-0.25, -0.2) is 0 Å². The highest BCUT2D eigenvalue weighted by Gasteiger charge is 2.36. The molecule has 0 N–H and O–H groups in total. The van der Waals surface area contributed by atoms with Crippen LogP contribution in [-0.2, 0) is 9.59 Å². The Balaban J connectivity index is 2.38. The minimum atomic E-state index is -1.34. The molecule has 1 fully saturated rings. The molecule has 1 aliphatic rings. The fourth-order valence-corrected chi connectivity index (χ4v) is 2.76. The van der Waals surface area contributed by atoms with Gasteiger partial charge in [-0.3, -0.25) is 14.6 Å². The Bertz CT molecular complexity index is 578. The Morgan fingerprint density at radius 2 is 2.05 bits per heavy atom. The smallest absolute Gasteiger partial charge is 0.205 e. The van der Waals surface area contributed by atoms with Crippen molar-refractivity contribution in [2.45, 2.75) is 6.92 Å². The Kier molecular flexibility index (Phi) is 3.80. The number of carbonyl (C=O) groups is 3. The molecule has 0 saturated carbocycles. The lowest BCUT2D eigenvalue weighted by atomic mass is 10.0. The number of ketones is 1. The molecule has 0 spiro atoms. The van der Waals surface area contributed by atoms with Crippen LogP contribution in [0.2, 0.25) is 0 Å². The van der Waals surface area contributed by atoms with Crippen LogP contribution in [0.4, 0.5) is 5.69 Å². The second-order valence-corrected chi connectivity index (χ2v) is 5.04. The van der Waals surface area contributed by atoms with Gasteiger partial charge in [0.1, 0.15) is 5.92 Å². The summed E-state index contributed by atoms with van der Waals surface area (Å²) in [5, 5.41) is 10.7. The number of Topliss-reactive ketones (excluding diaryl/α,β-unsaturated/α-hetero) is 1. The molecule has 98 valence electrons. The molecule has 6 heteroatoms. The number of nitrogens with zero attached hydrogens (tertiary/aromatic N) is 1. The van der Waals surface area contributed by atoms with E-state index in [1.54, 1.807) is 19.1 Å². The normalized spacial score (nSPS) is 19.8. The Morgan fingerprint density at radius 1 is 1.37 bits per heavy atom. The largest absolute Gasteiger partial charge is 0.545 e. The maximum absolute atomic E-state index is 11.6. The molecule has 0 aromatic heterocycles. The number of aliphatic imine (C=N–C) groups is 1. The van der Waals surface area contributed by atoms with Crippen LogP contribution in [0.3, 0.4) is 0 Å². The molecule has 5 nitrogen and oxygen atoms in total. The Morgan fingerprint density at radius 3 is 2.63 bits per heavy atom. The number of carboxylic acid groups (broad SMARTS) is 1. The molecule has 1 heterocycles. The molecule has 1 aliphatic heterocycles. The second kappa shape index (κ2) is 5.36. The van der Waals surface area contributed by atoms with Gasteiger partial charge in [0.05, 0.1) is 17.4 Å². The van der Waals surface area contributed by atoms with E-state index >= 15 is 0 Å². The van der Waals surface area contributed by atoms with Crippen molar-refractivity contribution in [3.8, 4) is 0 Å². The lowest BCUT2D eigenvalue weighted by Crippen LogP contribution is -2.24. The lowest BCUT2D eigenvalue weighted by Gasteiger charge is -2.09. The van der Waals surface area contributed by atoms with Crippen LogP contribution in [0.1, 0.15) is 17.3 Å². The first kappa shape index (κ1) is 13.5. The summed E-state index contributed by atoms with van der Waals surface area (Å²) in [6, 6.07) is 6.06. The number of aromatic carboxylic acids is 1. The summed E-state index contributed by atoms with van der Waals surface area (Å²) < 4.78 is 0. The van der Waals surface area contributed by atoms with Gasteiger partial charge in [-0.2, -0.15) is 0 Å². The molecule has 0 bridgehead atoms. The van der Waals surface area contributed by atoms with Crippen LogP contribution in [0.5, 0.6) is 0 Å². The minimum absolute atomic E-state index is 0.0626. The SMILES string of the molecule is CC(=Nc1ccccc1C(=O)[O-])C1C(=O)CSC1=O. The summed E-state index contributed by atoms with van der Waals surface area (Å²) in [6.07, 6.45) is 0. The van der Waals surface area contributed by atoms with Gasteiger partial charge in [0, 0.05) is 11.3 Å². The number of rotatable bonds is 3. The van der Waals surface area contributed by atoms with E-state index in [0.29, 0.717) is 5.71 Å². The monoisotopic (exact) mass is 276 g/mol. The maximum Gasteiger partial charge on any atom is 0.205 e. The van der Waals surface area contributed by atoms with Gasteiger partial charge in [-0.15, -0.1) is 0 Å². The predicted octanol–water partition coefficient (Wildman–Crippen LogP) is 0.601. The molecule has 1 aromatic carbocycles. The molecular formula is C13H10NO4S-. The van der Waals surface area contributed by atoms with Crippen LogP contribution in [0.25, 0.3) is 0 Å². The first-order valence-electron chi connectivity index (χ1n) is 5.55. The third-order valence-electron chi connectivity index (χ3n) is 2.75. The molecule has 0 radical (unpaired) electrons. The van der Waals surface area contributed by atoms with E-state index in [9.17, 15) is 19.5 Å². The minimum Gasteiger partial charge on any atom is -0.545 e. The van der Waals surface area contributed by atoms with Crippen molar-refractivity contribution in [2.24, 2.45) is 10.9 Å². The van der Waals surface area contributed by atoms with Crippen molar-refractivity contribution in [2.75, 3.05) is 5.75 Å². The number of benzene rings is 1. The summed E-state index contributed by atoms with van der Waals surface area (Å²) >= 11 is 0.965. The number of hydrogen-bond donors (Lipinski definition) is 0. The molecule has 0 aliphatic carbocycles. The van der Waals surface area contributed by atoms with E-state index in [-0.39, 0.29) is 27.9 Å². The summed E-state index contributed by atoms with van der Waals surface area (Å²) in [4.78, 5) is 38.2. The van der Waals surface area contributed by atoms with Gasteiger partial charge < -0.3 is 9.90 Å². The number of carboxylic acids is 1. The van der Waals surface area contributed by atoms with Crippen molar-refractivity contribution < 1.29 is 19.5 Å². The van der Waals surface area contributed by atoms with E-state index in [1.807, 2.05) is 0 Å². The van der Waals surface area contributed by atoms with Gasteiger partial charge in [0.25, 0.3) is 0 Å². The predicted molar refractivity (Wildman–Crippen MR) is 69.5 cm³/mol. The Labute approximate surface area is 113 Å². The molecule has 1 saturated heterocycles. The van der Waals surface area contributed by atoms with Crippen molar-refractivity contribution in [1.29, 1.82) is 0 Å². The number of hydrogen-bond acceptors (Lipinski definition) is 6. The maximum atomic E-state index is 11.6. The second-order valence-electron chi connectivity index (χ2n) is 4.06. The topological polar surface area (TPSA) is 86.6 Å². The third-order valence-corrected chi connectivity index (χ3v) is 3.70. The average molecular weight is 276 g/mol. The van der Waals surface area contributed by atoms with Gasteiger partial charge in [-0.05, 0) is 13.0 Å². The molecule has 1 atom stereocenters. The van der Waals surface area contributed by atoms with Crippen LogP contribution < -0.4 is 5.11 Å². The average Bonchev–Trinajstić information content (AvgIpc) is 2.69. The quantitative estimate of drug-likeness (QED) is 0.596. The summed E-state index contributed by atoms with van der Waals surface area (Å²) in [7, 11) is 0. The highest BCUT2D eigenvalue weighted by Crippen LogP contribution is 2.26. The fraction of sp³-hybridized carbons (Fsp3) is 0.231. The summed E-state index contributed by atoms with van der Waals surface area (Å²) in [6.45, 7) is 1.55. The van der Waals surface area contributed by atoms with Crippen molar-refractivity contribution >= 4 is 40.0 Å². The zero-order valence-corrected chi connectivity index (χ0v) is 10.9. The number of thioether (sulfide) groups is 1. The van der Waals surface area contributed by atoms with Crippen LogP contribution in [0.15, 0.2) is 29.3 Å². The lowest BCUT2D eigenvalue weighted by molar-refractivity contribution is -0.254. The van der Waals surface area contributed by atoms with Crippen molar-refractivity contribution in [3.63, 3.8) is 0 Å². The number of para-hydroxylation sites is 1. The van der Waals surface area contributed by atoms with Gasteiger partial charge in [-0.1, -0.05) is 30.0 Å². The van der Waals surface area contributed by atoms with Gasteiger partial charge in [0.2, 0.25) is 5.12 Å². The first-order chi connectivity index (χ1) is 9.00. The third kappa shape index (κ3) is 2.73. The van der Waals surface area contributed by atoms with Crippen molar-refractivity contribution in [3.05, 3.63) is 29.8 Å². The molecule has 1 unspecified atom stereocenters. The van der Waals surface area contributed by atoms with E-state index in [4.69, 9.17) is 0 Å². The van der Waals surface area contributed by atoms with E-state index in [0.717, 1.165) is 11.8 Å². The molecule has 0 amide bonds. The summed E-state index contributed by atoms with van der Waals surface area (Å²) in [5.41, 5.74) is 0.443. The van der Waals surface area contributed by atoms with Crippen LogP contribution in [-0.4, -0.2) is 28.3 Å². The van der Waals surface area contributed by atoms with Gasteiger partial charge in [0.15, 0.2) is 5.78 Å². The van der Waals surface area contributed by atoms with Gasteiger partial charge >= 0.3 is 0 Å². The van der Waals surface area contributed by atoms with Crippen LogP contribution >= 0.6 is 11.8 Å². The fourth-order valence-electron chi connectivity index (χ4n) is 1.84. The highest BCUT2D eigenvalue weighted by atomic mass is 32.2. The zero-order valence-electron chi connectivity index (χ0n) is 10.1. The zero-order chi connectivity index (χ0) is 14.0. The molecule has 19 heavy (non-hydrogen) atoms. The first-order valence-corrected chi connectivity index (χ1v) is 6.54. The van der Waals surface area contributed by atoms with E-state index in [2.05, 4.69) is 4.99 Å². The highest BCUT2D eigenvalue weighted by molar-refractivity contribution is 8.15. The van der Waals surface area contributed by atoms with Crippen molar-refractivity contribution in [1.82, 2.24) is 0 Å². The standard InChI is InChI=1S/C13H11NO4S/c1-7(11-10(15)6-19-13(11)18)14-9-5-3-2-4-8(9)12(16)17/h2-5,11H,6H2,1H3,(H,16,17)/p-1. The van der Waals surface area contributed by atoms with E-state index < -0.39 is 11.9 Å². The molecule has 2 rings (SSSR count). The Hall–Kier alpha value is -1.95. The number of carbonyl (C=O) groups excluding carboxylic acids is 3. The van der Waals surface area contributed by atoms with E-state index in [1.165, 1.54) is 12.1 Å². The molecule has 1 aromatic rings. The molecular weight excluding hydrogens is 266 g/mol. The summed E-state index contributed by atoms with van der Waals surface area (Å²) in [5.74, 6) is -2.24.